The molecule has 0 atom stereocenters. The Bertz CT molecular complexity index is 1100. The van der Waals surface area contributed by atoms with Crippen molar-refractivity contribution in [3.05, 3.63) is 65.0 Å². The third-order valence-electron chi connectivity index (χ3n) is 4.19. The molecule has 9 heteroatoms. The molecule has 0 aliphatic rings. The van der Waals surface area contributed by atoms with Crippen molar-refractivity contribution in [3.63, 3.8) is 0 Å². The summed E-state index contributed by atoms with van der Waals surface area (Å²) >= 11 is 1.11. The van der Waals surface area contributed by atoms with E-state index in [9.17, 15) is 13.2 Å². The van der Waals surface area contributed by atoms with Crippen molar-refractivity contribution in [1.82, 2.24) is 0 Å². The number of amides is 1. The first kappa shape index (κ1) is 20.7. The first-order valence-corrected chi connectivity index (χ1v) is 10.9. The Kier molecular flexibility index (Phi) is 6.09. The van der Waals surface area contributed by atoms with E-state index in [1.165, 1.54) is 20.3 Å². The zero-order valence-electron chi connectivity index (χ0n) is 16.1. The van der Waals surface area contributed by atoms with Crippen LogP contribution in [0.15, 0.2) is 58.1 Å². The van der Waals surface area contributed by atoms with Crippen molar-refractivity contribution >= 4 is 38.6 Å². The molecule has 0 spiro atoms. The third kappa shape index (κ3) is 4.52. The maximum Gasteiger partial charge on any atom is 0.271 e. The SMILES string of the molecule is COc1cc(C(=O)Nc2ccccc2NS(=O)(=O)c2cccs2)cc(OC)c1C. The summed E-state index contributed by atoms with van der Waals surface area (Å²) in [5.41, 5.74) is 1.69. The van der Waals surface area contributed by atoms with Gasteiger partial charge in [0.1, 0.15) is 15.7 Å². The number of methoxy groups -OCH3 is 2. The van der Waals surface area contributed by atoms with Crippen molar-refractivity contribution < 1.29 is 22.7 Å². The minimum absolute atomic E-state index is 0.187. The van der Waals surface area contributed by atoms with E-state index >= 15 is 0 Å². The fourth-order valence-corrected chi connectivity index (χ4v) is 4.78. The first-order chi connectivity index (χ1) is 13.9. The number of rotatable bonds is 7. The molecular formula is C20H20N2O5S2. The molecule has 2 N–H and O–H groups in total. The van der Waals surface area contributed by atoms with E-state index in [1.54, 1.807) is 47.8 Å². The highest BCUT2D eigenvalue weighted by Gasteiger charge is 2.19. The van der Waals surface area contributed by atoms with Gasteiger partial charge < -0.3 is 14.8 Å². The smallest absolute Gasteiger partial charge is 0.271 e. The Balaban J connectivity index is 1.89. The van der Waals surface area contributed by atoms with Crippen LogP contribution in [0.25, 0.3) is 0 Å². The second-order valence-electron chi connectivity index (χ2n) is 6.04. The Morgan fingerprint density at radius 2 is 1.59 bits per heavy atom. The second-order valence-corrected chi connectivity index (χ2v) is 8.90. The van der Waals surface area contributed by atoms with E-state index in [0.29, 0.717) is 22.7 Å². The summed E-state index contributed by atoms with van der Waals surface area (Å²) in [6, 6.07) is 13.0. The molecule has 2 aromatic carbocycles. The van der Waals surface area contributed by atoms with Gasteiger partial charge in [-0.05, 0) is 42.6 Å². The number of hydrogen-bond acceptors (Lipinski definition) is 6. The standard InChI is InChI=1S/C20H20N2O5S2/c1-13-17(26-2)11-14(12-18(13)27-3)20(23)21-15-7-4-5-8-16(15)22-29(24,25)19-9-6-10-28-19/h4-12,22H,1-3H3,(H,21,23). The number of thiophene rings is 1. The zero-order valence-corrected chi connectivity index (χ0v) is 17.7. The Hall–Kier alpha value is -3.04. The maximum atomic E-state index is 12.8. The van der Waals surface area contributed by atoms with Crippen molar-refractivity contribution in [2.75, 3.05) is 24.3 Å². The summed E-state index contributed by atoms with van der Waals surface area (Å²) in [5.74, 6) is 0.603. The van der Waals surface area contributed by atoms with Crippen LogP contribution in [0, 0.1) is 6.92 Å². The summed E-state index contributed by atoms with van der Waals surface area (Å²) in [6.07, 6.45) is 0. The molecule has 0 saturated carbocycles. The number of sulfonamides is 1. The van der Waals surface area contributed by atoms with E-state index in [-0.39, 0.29) is 9.90 Å². The minimum Gasteiger partial charge on any atom is -0.496 e. The Labute approximate surface area is 173 Å². The van der Waals surface area contributed by atoms with Gasteiger partial charge in [-0.25, -0.2) is 8.42 Å². The molecule has 3 rings (SSSR count). The quantitative estimate of drug-likeness (QED) is 0.586. The van der Waals surface area contributed by atoms with Gasteiger partial charge in [-0.3, -0.25) is 9.52 Å². The number of nitrogens with one attached hydrogen (secondary N) is 2. The number of anilines is 2. The largest absolute Gasteiger partial charge is 0.496 e. The molecule has 0 radical (unpaired) electrons. The normalized spacial score (nSPS) is 11.0. The lowest BCUT2D eigenvalue weighted by Gasteiger charge is -2.15. The van der Waals surface area contributed by atoms with Gasteiger partial charge in [-0.2, -0.15) is 0 Å². The van der Waals surface area contributed by atoms with Crippen LogP contribution in [-0.2, 0) is 10.0 Å². The van der Waals surface area contributed by atoms with E-state index in [0.717, 1.165) is 16.9 Å². The van der Waals surface area contributed by atoms with Crippen LogP contribution in [0.1, 0.15) is 15.9 Å². The fraction of sp³-hybridized carbons (Fsp3) is 0.150. The molecule has 0 saturated heterocycles. The molecule has 0 unspecified atom stereocenters. The van der Waals surface area contributed by atoms with Gasteiger partial charge in [0, 0.05) is 11.1 Å². The highest BCUT2D eigenvalue weighted by atomic mass is 32.2. The van der Waals surface area contributed by atoms with Gasteiger partial charge >= 0.3 is 0 Å². The van der Waals surface area contributed by atoms with Crippen molar-refractivity contribution in [2.45, 2.75) is 11.1 Å². The van der Waals surface area contributed by atoms with Crippen LogP contribution in [0.2, 0.25) is 0 Å². The van der Waals surface area contributed by atoms with Gasteiger partial charge in [0.15, 0.2) is 0 Å². The average molecular weight is 433 g/mol. The first-order valence-electron chi connectivity index (χ1n) is 8.55. The van der Waals surface area contributed by atoms with Crippen LogP contribution < -0.4 is 19.5 Å². The number of benzene rings is 2. The molecule has 29 heavy (non-hydrogen) atoms. The molecule has 1 aromatic heterocycles. The van der Waals surface area contributed by atoms with E-state index in [1.807, 2.05) is 6.92 Å². The summed E-state index contributed by atoms with van der Waals surface area (Å²) in [5, 5.41) is 4.42. The molecule has 3 aromatic rings. The minimum atomic E-state index is -3.74. The molecule has 0 fully saturated rings. The molecule has 7 nitrogen and oxygen atoms in total. The van der Waals surface area contributed by atoms with Crippen LogP contribution in [0.4, 0.5) is 11.4 Å². The zero-order chi connectivity index (χ0) is 21.0. The number of carbonyl (C=O) groups excluding carboxylic acids is 1. The lowest BCUT2D eigenvalue weighted by atomic mass is 10.1. The van der Waals surface area contributed by atoms with E-state index < -0.39 is 15.9 Å². The Morgan fingerprint density at radius 3 is 2.14 bits per heavy atom. The monoisotopic (exact) mass is 432 g/mol. The summed E-state index contributed by atoms with van der Waals surface area (Å²) in [6.45, 7) is 1.83. The number of hydrogen-bond donors (Lipinski definition) is 2. The Morgan fingerprint density at radius 1 is 0.966 bits per heavy atom. The molecule has 0 aliphatic heterocycles. The molecule has 1 amide bonds. The predicted octanol–water partition coefficient (Wildman–Crippen LogP) is 4.13. The molecule has 0 aliphatic carbocycles. The third-order valence-corrected chi connectivity index (χ3v) is 6.96. The van der Waals surface area contributed by atoms with Gasteiger partial charge in [-0.15, -0.1) is 11.3 Å². The average Bonchev–Trinajstić information content (AvgIpc) is 3.25. The van der Waals surface area contributed by atoms with E-state index in [2.05, 4.69) is 10.0 Å². The van der Waals surface area contributed by atoms with Crippen LogP contribution in [-0.4, -0.2) is 28.5 Å². The predicted molar refractivity (Wildman–Crippen MR) is 114 cm³/mol. The van der Waals surface area contributed by atoms with E-state index in [4.69, 9.17) is 9.47 Å². The molecule has 1 heterocycles. The van der Waals surface area contributed by atoms with Crippen LogP contribution in [0.5, 0.6) is 11.5 Å². The second kappa shape index (κ2) is 8.54. The van der Waals surface area contributed by atoms with Gasteiger partial charge in [-0.1, -0.05) is 18.2 Å². The topological polar surface area (TPSA) is 93.7 Å². The van der Waals surface area contributed by atoms with Crippen molar-refractivity contribution in [1.29, 1.82) is 0 Å². The highest BCUT2D eigenvalue weighted by Crippen LogP contribution is 2.31. The summed E-state index contributed by atoms with van der Waals surface area (Å²) in [7, 11) is -0.719. The number of para-hydroxylation sites is 2. The van der Waals surface area contributed by atoms with Crippen molar-refractivity contribution in [2.24, 2.45) is 0 Å². The number of carbonyl (C=O) groups is 1. The van der Waals surface area contributed by atoms with Gasteiger partial charge in [0.25, 0.3) is 15.9 Å². The van der Waals surface area contributed by atoms with Crippen molar-refractivity contribution in [3.8, 4) is 11.5 Å². The highest BCUT2D eigenvalue weighted by molar-refractivity contribution is 7.94. The summed E-state index contributed by atoms with van der Waals surface area (Å²) < 4.78 is 38.4. The van der Waals surface area contributed by atoms with Crippen LogP contribution >= 0.6 is 11.3 Å². The molecule has 0 bridgehead atoms. The summed E-state index contributed by atoms with van der Waals surface area (Å²) in [4.78, 5) is 12.8. The molecule has 152 valence electrons. The lowest BCUT2D eigenvalue weighted by Crippen LogP contribution is -2.17. The van der Waals surface area contributed by atoms with Gasteiger partial charge in [0.2, 0.25) is 0 Å². The lowest BCUT2D eigenvalue weighted by molar-refractivity contribution is 0.102. The fourth-order valence-electron chi connectivity index (χ4n) is 2.70. The van der Waals surface area contributed by atoms with Crippen LogP contribution in [0.3, 0.4) is 0 Å². The van der Waals surface area contributed by atoms with Gasteiger partial charge in [0.05, 0.1) is 25.6 Å². The maximum absolute atomic E-state index is 12.8. The molecular weight excluding hydrogens is 412 g/mol. The number of ether oxygens (including phenoxy) is 2.